The number of piperidine rings is 1. The standard InChI is InChI=1S/C14H20N4OS/c1-3-9-5-4-6-18(8-9)14-11(13(19)17-2)12(16)10(7-15)20-14/h9H,3-6,8,16H2,1-2H3,(H,17,19). The van der Waals surface area contributed by atoms with Crippen molar-refractivity contribution in [3.63, 3.8) is 0 Å². The second-order valence-electron chi connectivity index (χ2n) is 5.08. The van der Waals surface area contributed by atoms with Gasteiger partial charge in [-0.25, -0.2) is 0 Å². The van der Waals surface area contributed by atoms with Crippen LogP contribution >= 0.6 is 11.3 Å². The van der Waals surface area contributed by atoms with Crippen LogP contribution in [0.3, 0.4) is 0 Å². The molecule has 5 nitrogen and oxygen atoms in total. The van der Waals surface area contributed by atoms with E-state index in [4.69, 9.17) is 11.0 Å². The van der Waals surface area contributed by atoms with Gasteiger partial charge in [-0.15, -0.1) is 11.3 Å². The highest BCUT2D eigenvalue weighted by Gasteiger charge is 2.28. The van der Waals surface area contributed by atoms with E-state index in [0.717, 1.165) is 30.9 Å². The van der Waals surface area contributed by atoms with Gasteiger partial charge in [0.05, 0.1) is 11.3 Å². The van der Waals surface area contributed by atoms with Crippen molar-refractivity contribution in [3.8, 4) is 6.07 Å². The van der Waals surface area contributed by atoms with Gasteiger partial charge in [0.2, 0.25) is 0 Å². The predicted octanol–water partition coefficient (Wildman–Crippen LogP) is 2.19. The van der Waals surface area contributed by atoms with Crippen LogP contribution in [0.5, 0.6) is 0 Å². The number of nitrogen functional groups attached to an aromatic ring is 1. The number of amides is 1. The SMILES string of the molecule is CCC1CCCN(c2sc(C#N)c(N)c2C(=O)NC)C1. The number of rotatable bonds is 3. The molecule has 1 aromatic rings. The highest BCUT2D eigenvalue weighted by Crippen LogP contribution is 2.39. The lowest BCUT2D eigenvalue weighted by molar-refractivity contribution is 0.0964. The average Bonchev–Trinajstić information content (AvgIpc) is 2.83. The molecular weight excluding hydrogens is 272 g/mol. The average molecular weight is 292 g/mol. The van der Waals surface area contributed by atoms with Gasteiger partial charge in [-0.2, -0.15) is 5.26 Å². The number of carbonyl (C=O) groups excluding carboxylic acids is 1. The lowest BCUT2D eigenvalue weighted by Crippen LogP contribution is -2.36. The first-order valence-electron chi connectivity index (χ1n) is 6.91. The highest BCUT2D eigenvalue weighted by molar-refractivity contribution is 7.17. The third-order valence-corrected chi connectivity index (χ3v) is 5.04. The Balaban J connectivity index is 2.40. The van der Waals surface area contributed by atoms with E-state index in [2.05, 4.69) is 23.2 Å². The highest BCUT2D eigenvalue weighted by atomic mass is 32.1. The van der Waals surface area contributed by atoms with Crippen molar-refractivity contribution < 1.29 is 4.79 Å². The Labute approximate surface area is 123 Å². The molecule has 2 rings (SSSR count). The van der Waals surface area contributed by atoms with Crippen LogP contribution in [0.2, 0.25) is 0 Å². The third-order valence-electron chi connectivity index (χ3n) is 3.87. The van der Waals surface area contributed by atoms with Gasteiger partial charge in [-0.1, -0.05) is 13.3 Å². The summed E-state index contributed by atoms with van der Waals surface area (Å²) in [5.41, 5.74) is 6.74. The number of nitrogens with zero attached hydrogens (tertiary/aromatic N) is 2. The molecule has 1 saturated heterocycles. The van der Waals surface area contributed by atoms with Gasteiger partial charge in [-0.05, 0) is 18.8 Å². The molecule has 1 aliphatic rings. The molecule has 0 saturated carbocycles. The largest absolute Gasteiger partial charge is 0.396 e. The molecule has 1 amide bonds. The molecule has 2 heterocycles. The Morgan fingerprint density at radius 2 is 2.40 bits per heavy atom. The number of anilines is 2. The maximum Gasteiger partial charge on any atom is 0.256 e. The van der Waals surface area contributed by atoms with Gasteiger partial charge >= 0.3 is 0 Å². The number of carbonyl (C=O) groups is 1. The van der Waals surface area contributed by atoms with Crippen molar-refractivity contribution in [2.24, 2.45) is 5.92 Å². The van der Waals surface area contributed by atoms with Crippen LogP contribution in [-0.2, 0) is 0 Å². The summed E-state index contributed by atoms with van der Waals surface area (Å²) in [7, 11) is 1.58. The van der Waals surface area contributed by atoms with E-state index in [9.17, 15) is 4.79 Å². The van der Waals surface area contributed by atoms with Gasteiger partial charge in [0.15, 0.2) is 0 Å². The number of hydrogen-bond donors (Lipinski definition) is 2. The fourth-order valence-corrected chi connectivity index (χ4v) is 3.71. The number of nitrogens with one attached hydrogen (secondary N) is 1. The van der Waals surface area contributed by atoms with Crippen LogP contribution < -0.4 is 16.0 Å². The van der Waals surface area contributed by atoms with Crippen molar-refractivity contribution >= 4 is 27.9 Å². The Bertz CT molecular complexity index is 546. The third kappa shape index (κ3) is 2.59. The number of nitriles is 1. The number of thiophene rings is 1. The Morgan fingerprint density at radius 3 is 3.00 bits per heavy atom. The summed E-state index contributed by atoms with van der Waals surface area (Å²) >= 11 is 1.33. The van der Waals surface area contributed by atoms with E-state index in [1.54, 1.807) is 7.05 Å². The zero-order valence-corrected chi connectivity index (χ0v) is 12.7. The molecule has 0 bridgehead atoms. The first-order valence-corrected chi connectivity index (χ1v) is 7.73. The number of nitrogens with two attached hydrogens (primary N) is 1. The summed E-state index contributed by atoms with van der Waals surface area (Å²) in [5, 5.41) is 12.6. The Hall–Kier alpha value is -1.74. The minimum absolute atomic E-state index is 0.214. The van der Waals surface area contributed by atoms with E-state index < -0.39 is 0 Å². The molecule has 20 heavy (non-hydrogen) atoms. The van der Waals surface area contributed by atoms with E-state index in [-0.39, 0.29) is 5.91 Å². The van der Waals surface area contributed by atoms with E-state index in [1.807, 2.05) is 0 Å². The fraction of sp³-hybridized carbons (Fsp3) is 0.571. The van der Waals surface area contributed by atoms with Crippen molar-refractivity contribution in [1.82, 2.24) is 5.32 Å². The van der Waals surface area contributed by atoms with Crippen LogP contribution in [0.15, 0.2) is 0 Å². The van der Waals surface area contributed by atoms with Crippen molar-refractivity contribution in [2.45, 2.75) is 26.2 Å². The van der Waals surface area contributed by atoms with Gasteiger partial charge in [0, 0.05) is 20.1 Å². The topological polar surface area (TPSA) is 82.2 Å². The van der Waals surface area contributed by atoms with Gasteiger partial charge in [-0.3, -0.25) is 4.79 Å². The molecule has 1 fully saturated rings. The summed E-state index contributed by atoms with van der Waals surface area (Å²) in [6.07, 6.45) is 3.48. The van der Waals surface area contributed by atoms with E-state index in [0.29, 0.717) is 22.0 Å². The minimum atomic E-state index is -0.214. The quantitative estimate of drug-likeness (QED) is 0.894. The molecule has 3 N–H and O–H groups in total. The van der Waals surface area contributed by atoms with E-state index >= 15 is 0 Å². The molecule has 108 valence electrons. The lowest BCUT2D eigenvalue weighted by atomic mass is 9.95. The second-order valence-corrected chi connectivity index (χ2v) is 6.08. The summed E-state index contributed by atoms with van der Waals surface area (Å²) in [5.74, 6) is 0.434. The van der Waals surface area contributed by atoms with Crippen molar-refractivity contribution in [2.75, 3.05) is 30.8 Å². The van der Waals surface area contributed by atoms with Gasteiger partial charge < -0.3 is 16.0 Å². The van der Waals surface area contributed by atoms with Crippen molar-refractivity contribution in [3.05, 3.63) is 10.4 Å². The molecule has 1 aromatic heterocycles. The fourth-order valence-electron chi connectivity index (χ4n) is 2.66. The molecule has 0 radical (unpaired) electrons. The van der Waals surface area contributed by atoms with Crippen LogP contribution in [0.1, 0.15) is 41.4 Å². The summed E-state index contributed by atoms with van der Waals surface area (Å²) in [6, 6.07) is 2.09. The maximum absolute atomic E-state index is 12.1. The van der Waals surface area contributed by atoms with Crippen LogP contribution in [0.25, 0.3) is 0 Å². The summed E-state index contributed by atoms with van der Waals surface area (Å²) < 4.78 is 0. The molecule has 6 heteroatoms. The first-order chi connectivity index (χ1) is 9.62. The zero-order chi connectivity index (χ0) is 14.7. The molecule has 1 aliphatic heterocycles. The zero-order valence-electron chi connectivity index (χ0n) is 11.9. The molecule has 0 aromatic carbocycles. The normalized spacial score (nSPS) is 18.6. The molecular formula is C14H20N4OS. The van der Waals surface area contributed by atoms with Gasteiger partial charge in [0.25, 0.3) is 5.91 Å². The Morgan fingerprint density at radius 1 is 1.65 bits per heavy atom. The second kappa shape index (κ2) is 6.14. The van der Waals surface area contributed by atoms with E-state index in [1.165, 1.54) is 17.8 Å². The van der Waals surface area contributed by atoms with Crippen molar-refractivity contribution in [1.29, 1.82) is 5.26 Å². The van der Waals surface area contributed by atoms with Gasteiger partial charge in [0.1, 0.15) is 15.9 Å². The van der Waals surface area contributed by atoms with Crippen LogP contribution in [-0.4, -0.2) is 26.0 Å². The monoisotopic (exact) mass is 292 g/mol. The number of hydrogen-bond acceptors (Lipinski definition) is 5. The van der Waals surface area contributed by atoms with Crippen LogP contribution in [0.4, 0.5) is 10.7 Å². The minimum Gasteiger partial charge on any atom is -0.396 e. The summed E-state index contributed by atoms with van der Waals surface area (Å²) in [6.45, 7) is 4.05. The summed E-state index contributed by atoms with van der Waals surface area (Å²) in [4.78, 5) is 14.7. The maximum atomic E-state index is 12.1. The lowest BCUT2D eigenvalue weighted by Gasteiger charge is -2.33. The molecule has 1 atom stereocenters. The molecule has 1 unspecified atom stereocenters. The predicted molar refractivity (Wildman–Crippen MR) is 82.1 cm³/mol. The molecule has 0 spiro atoms. The van der Waals surface area contributed by atoms with Crippen LogP contribution in [0, 0.1) is 17.2 Å². The molecule has 0 aliphatic carbocycles. The smallest absolute Gasteiger partial charge is 0.256 e. The Kier molecular flexibility index (Phi) is 4.50. The first kappa shape index (κ1) is 14.7.